The molecule has 0 spiro atoms. The van der Waals surface area contributed by atoms with Crippen LogP contribution in [0.5, 0.6) is 0 Å². The molecule has 0 radical (unpaired) electrons. The lowest BCUT2D eigenvalue weighted by molar-refractivity contribution is -0.660. The van der Waals surface area contributed by atoms with E-state index >= 15 is 0 Å². The van der Waals surface area contributed by atoms with Crippen LogP contribution in [0.25, 0.3) is 49.2 Å². The highest BCUT2D eigenvalue weighted by Gasteiger charge is 2.25. The summed E-state index contributed by atoms with van der Waals surface area (Å²) in [4.78, 5) is 3.80. The molecule has 0 unspecified atom stereocenters. The molecule has 2 aromatic heterocycles. The van der Waals surface area contributed by atoms with Crippen LogP contribution in [0.15, 0.2) is 71.3 Å². The Bertz CT molecular complexity index is 1500. The highest BCUT2D eigenvalue weighted by molar-refractivity contribution is 6.16. The van der Waals surface area contributed by atoms with Gasteiger partial charge in [-0.25, -0.2) is 9.41 Å². The Morgan fingerprint density at radius 3 is 2.29 bits per heavy atom. The summed E-state index contributed by atoms with van der Waals surface area (Å²) in [5.74, 6) is 0. The fourth-order valence-corrected chi connectivity index (χ4v) is 4.76. The predicted molar refractivity (Wildman–Crippen MR) is 126 cm³/mol. The number of hydrogen-bond donors (Lipinski definition) is 0. The molecule has 3 heteroatoms. The second-order valence-electron chi connectivity index (χ2n) is 8.16. The van der Waals surface area contributed by atoms with Gasteiger partial charge in [0.05, 0.1) is 12.1 Å². The van der Waals surface area contributed by atoms with Gasteiger partial charge in [0.1, 0.15) is 18.2 Å². The molecule has 0 N–H and O–H groups in total. The van der Waals surface area contributed by atoms with Crippen molar-refractivity contribution in [1.29, 1.82) is 0 Å². The molecule has 0 bridgehead atoms. The minimum Gasteiger partial charge on any atom is -0.456 e. The molecule has 3 aromatic carbocycles. The highest BCUT2D eigenvalue weighted by Crippen LogP contribution is 2.45. The standard InChI is InChI=1S/C28H23N2O/c1-17-10-9-15-30(5)26(17)24-19(3)16-18(2)23-21-13-14-22(29-4)25(27(21)31-28(23)24)20-11-7-6-8-12-20/h6-16H,1-3,5H3/q+1. The summed E-state index contributed by atoms with van der Waals surface area (Å²) in [5.41, 5.74) is 9.95. The van der Waals surface area contributed by atoms with Crippen molar-refractivity contribution in [3.8, 4) is 22.4 Å². The molecule has 0 saturated heterocycles. The molecular weight excluding hydrogens is 380 g/mol. The summed E-state index contributed by atoms with van der Waals surface area (Å²) >= 11 is 0. The van der Waals surface area contributed by atoms with Crippen molar-refractivity contribution < 1.29 is 8.98 Å². The Balaban J connectivity index is 1.99. The van der Waals surface area contributed by atoms with Gasteiger partial charge in [0.15, 0.2) is 11.9 Å². The van der Waals surface area contributed by atoms with Crippen LogP contribution in [0.4, 0.5) is 5.69 Å². The van der Waals surface area contributed by atoms with Gasteiger partial charge in [-0.15, -0.1) is 0 Å². The number of fused-ring (bicyclic) bond motifs is 3. The highest BCUT2D eigenvalue weighted by atomic mass is 16.3. The van der Waals surface area contributed by atoms with Crippen LogP contribution >= 0.6 is 0 Å². The Morgan fingerprint density at radius 2 is 1.58 bits per heavy atom. The van der Waals surface area contributed by atoms with Crippen molar-refractivity contribution in [3.05, 3.63) is 95.0 Å². The van der Waals surface area contributed by atoms with E-state index in [1.807, 2.05) is 42.5 Å². The molecule has 0 saturated carbocycles. The number of benzene rings is 3. The summed E-state index contributed by atoms with van der Waals surface area (Å²) in [6.45, 7) is 14.1. The molecule has 0 aliphatic carbocycles. The number of aromatic nitrogens is 1. The van der Waals surface area contributed by atoms with Crippen LogP contribution < -0.4 is 4.57 Å². The summed E-state index contributed by atoms with van der Waals surface area (Å²) < 4.78 is 8.84. The van der Waals surface area contributed by atoms with Crippen molar-refractivity contribution in [1.82, 2.24) is 0 Å². The van der Waals surface area contributed by atoms with Gasteiger partial charge in [-0.2, -0.15) is 0 Å². The SMILES string of the molecule is [C-]#[N+]c1ccc2c(oc3c(-c4c(C)ccc[n+]4C)c(C)cc(C)c32)c1-c1ccccc1. The number of aryl methyl sites for hydroxylation is 4. The summed E-state index contributed by atoms with van der Waals surface area (Å²) in [7, 11) is 2.07. The first-order chi connectivity index (χ1) is 15.0. The van der Waals surface area contributed by atoms with Crippen LogP contribution in [0.2, 0.25) is 0 Å². The lowest BCUT2D eigenvalue weighted by Crippen LogP contribution is -2.31. The molecule has 0 aliphatic rings. The van der Waals surface area contributed by atoms with Crippen LogP contribution in [-0.4, -0.2) is 0 Å². The average Bonchev–Trinajstić information content (AvgIpc) is 3.15. The van der Waals surface area contributed by atoms with Gasteiger partial charge in [-0.05, 0) is 43.5 Å². The van der Waals surface area contributed by atoms with Gasteiger partial charge < -0.3 is 4.42 Å². The Kier molecular flexibility index (Phi) is 4.38. The number of furan rings is 1. The van der Waals surface area contributed by atoms with Crippen molar-refractivity contribution >= 4 is 27.6 Å². The summed E-state index contributed by atoms with van der Waals surface area (Å²) in [6.07, 6.45) is 2.07. The molecule has 5 rings (SSSR count). The van der Waals surface area contributed by atoms with E-state index in [1.54, 1.807) is 0 Å². The molecular formula is C28H23N2O+. The normalized spacial score (nSPS) is 11.2. The van der Waals surface area contributed by atoms with Gasteiger partial charge in [-0.1, -0.05) is 48.5 Å². The van der Waals surface area contributed by atoms with Gasteiger partial charge in [-0.3, -0.25) is 0 Å². The molecule has 0 atom stereocenters. The Hall–Kier alpha value is -3.90. The zero-order valence-corrected chi connectivity index (χ0v) is 18.2. The van der Waals surface area contributed by atoms with E-state index in [-0.39, 0.29) is 0 Å². The van der Waals surface area contributed by atoms with Gasteiger partial charge >= 0.3 is 0 Å². The zero-order chi connectivity index (χ0) is 21.7. The third kappa shape index (κ3) is 2.84. The molecule has 31 heavy (non-hydrogen) atoms. The smallest absolute Gasteiger partial charge is 0.219 e. The minimum atomic E-state index is 0.607. The Morgan fingerprint density at radius 1 is 0.806 bits per heavy atom. The maximum Gasteiger partial charge on any atom is 0.219 e. The maximum atomic E-state index is 7.73. The molecule has 2 heterocycles. The maximum absolute atomic E-state index is 7.73. The average molecular weight is 404 g/mol. The third-order valence-corrected chi connectivity index (χ3v) is 6.09. The molecule has 0 fully saturated rings. The van der Waals surface area contributed by atoms with E-state index in [1.165, 1.54) is 16.7 Å². The number of pyridine rings is 1. The third-order valence-electron chi connectivity index (χ3n) is 6.09. The first-order valence-corrected chi connectivity index (χ1v) is 10.4. The minimum absolute atomic E-state index is 0.607. The van der Waals surface area contributed by atoms with Crippen LogP contribution in [-0.2, 0) is 7.05 Å². The van der Waals surface area contributed by atoms with Crippen LogP contribution in [0.1, 0.15) is 16.7 Å². The second-order valence-corrected chi connectivity index (χ2v) is 8.16. The summed E-state index contributed by atoms with van der Waals surface area (Å²) in [5, 5.41) is 2.17. The van der Waals surface area contributed by atoms with E-state index in [9.17, 15) is 0 Å². The molecule has 0 aliphatic heterocycles. The van der Waals surface area contributed by atoms with E-state index in [4.69, 9.17) is 11.0 Å². The zero-order valence-electron chi connectivity index (χ0n) is 18.2. The van der Waals surface area contributed by atoms with Crippen LogP contribution in [0.3, 0.4) is 0 Å². The quantitative estimate of drug-likeness (QED) is 0.225. The van der Waals surface area contributed by atoms with E-state index < -0.39 is 0 Å². The molecule has 150 valence electrons. The van der Waals surface area contributed by atoms with Crippen LogP contribution in [0, 0.1) is 27.3 Å². The van der Waals surface area contributed by atoms with E-state index in [0.29, 0.717) is 5.69 Å². The molecule has 0 amide bonds. The largest absolute Gasteiger partial charge is 0.456 e. The topological polar surface area (TPSA) is 21.4 Å². The summed E-state index contributed by atoms with van der Waals surface area (Å²) in [6, 6.07) is 20.5. The lowest BCUT2D eigenvalue weighted by atomic mass is 9.94. The fourth-order valence-electron chi connectivity index (χ4n) is 4.76. The number of nitrogens with zero attached hydrogens (tertiary/aromatic N) is 2. The first kappa shape index (κ1) is 19.1. The first-order valence-electron chi connectivity index (χ1n) is 10.4. The number of hydrogen-bond acceptors (Lipinski definition) is 1. The van der Waals surface area contributed by atoms with Crippen molar-refractivity contribution in [2.24, 2.45) is 7.05 Å². The molecule has 5 aromatic rings. The van der Waals surface area contributed by atoms with Crippen molar-refractivity contribution in [3.63, 3.8) is 0 Å². The van der Waals surface area contributed by atoms with Crippen molar-refractivity contribution in [2.45, 2.75) is 20.8 Å². The van der Waals surface area contributed by atoms with Crippen molar-refractivity contribution in [2.75, 3.05) is 0 Å². The van der Waals surface area contributed by atoms with Gasteiger partial charge in [0.25, 0.3) is 0 Å². The fraction of sp³-hybridized carbons (Fsp3) is 0.143. The monoisotopic (exact) mass is 403 g/mol. The van der Waals surface area contributed by atoms with Gasteiger partial charge in [0.2, 0.25) is 5.69 Å². The lowest BCUT2D eigenvalue weighted by Gasteiger charge is -2.09. The van der Waals surface area contributed by atoms with E-state index in [0.717, 1.165) is 44.3 Å². The number of rotatable bonds is 2. The van der Waals surface area contributed by atoms with E-state index in [2.05, 4.69) is 61.6 Å². The second kappa shape index (κ2) is 7.11. The predicted octanol–water partition coefficient (Wildman–Crippen LogP) is 7.22. The molecule has 3 nitrogen and oxygen atoms in total. The van der Waals surface area contributed by atoms with Gasteiger partial charge in [0, 0.05) is 28.0 Å². The Labute approximate surface area is 182 Å².